The van der Waals surface area contributed by atoms with Crippen LogP contribution in [0.3, 0.4) is 0 Å². The summed E-state index contributed by atoms with van der Waals surface area (Å²) >= 11 is 8.73. The van der Waals surface area contributed by atoms with Gasteiger partial charge in [0.15, 0.2) is 16.0 Å². The first-order valence-corrected chi connectivity index (χ1v) is 10.7. The molecule has 0 aliphatic heterocycles. The van der Waals surface area contributed by atoms with E-state index >= 15 is 0 Å². The van der Waals surface area contributed by atoms with Gasteiger partial charge in [-0.2, -0.15) is 0 Å². The van der Waals surface area contributed by atoms with Crippen molar-refractivity contribution in [3.8, 4) is 0 Å². The van der Waals surface area contributed by atoms with Crippen molar-refractivity contribution >= 4 is 56.0 Å². The number of hydrogen-bond acceptors (Lipinski definition) is 6. The zero-order valence-electron chi connectivity index (χ0n) is 15.1. The highest BCUT2D eigenvalue weighted by Crippen LogP contribution is 2.28. The van der Waals surface area contributed by atoms with Gasteiger partial charge in [-0.05, 0) is 36.2 Å². The van der Waals surface area contributed by atoms with Gasteiger partial charge in [0.1, 0.15) is 5.82 Å². The van der Waals surface area contributed by atoms with Crippen LogP contribution in [0.1, 0.15) is 21.6 Å². The minimum absolute atomic E-state index is 0.0492. The van der Waals surface area contributed by atoms with Crippen LogP contribution < -0.4 is 5.32 Å². The van der Waals surface area contributed by atoms with Gasteiger partial charge in [0, 0.05) is 5.75 Å². The molecule has 2 aromatic carbocycles. The van der Waals surface area contributed by atoms with Crippen LogP contribution >= 0.6 is 34.7 Å². The number of carbonyl (C=O) groups is 1. The Bertz CT molecular complexity index is 1210. The zero-order chi connectivity index (χ0) is 20.4. The van der Waals surface area contributed by atoms with Gasteiger partial charge in [0.2, 0.25) is 0 Å². The molecule has 0 fully saturated rings. The monoisotopic (exact) mass is 444 g/mol. The summed E-state index contributed by atoms with van der Waals surface area (Å²) in [6.45, 7) is 2.00. The number of amides is 1. The van der Waals surface area contributed by atoms with E-state index in [9.17, 15) is 9.18 Å². The molecule has 0 saturated heterocycles. The number of aromatic nitrogens is 3. The van der Waals surface area contributed by atoms with E-state index in [1.807, 2.05) is 25.1 Å². The zero-order valence-corrected chi connectivity index (χ0v) is 17.5. The molecule has 5 nitrogen and oxygen atoms in total. The third-order valence-electron chi connectivity index (χ3n) is 4.02. The van der Waals surface area contributed by atoms with E-state index in [1.165, 1.54) is 35.4 Å². The smallest absolute Gasteiger partial charge is 0.277 e. The van der Waals surface area contributed by atoms with Crippen molar-refractivity contribution in [1.29, 1.82) is 0 Å². The van der Waals surface area contributed by atoms with E-state index in [1.54, 1.807) is 18.2 Å². The van der Waals surface area contributed by atoms with E-state index in [0.717, 1.165) is 15.8 Å². The van der Waals surface area contributed by atoms with Crippen molar-refractivity contribution < 1.29 is 9.18 Å². The van der Waals surface area contributed by atoms with Crippen molar-refractivity contribution in [2.45, 2.75) is 17.8 Å². The lowest BCUT2D eigenvalue weighted by molar-refractivity contribution is 0.102. The summed E-state index contributed by atoms with van der Waals surface area (Å²) < 4.78 is 14.8. The van der Waals surface area contributed by atoms with Crippen molar-refractivity contribution in [2.24, 2.45) is 0 Å². The molecular formula is C20H14ClFN4OS2. The third-order valence-corrected chi connectivity index (χ3v) is 6.14. The van der Waals surface area contributed by atoms with Gasteiger partial charge >= 0.3 is 0 Å². The van der Waals surface area contributed by atoms with E-state index in [4.69, 9.17) is 11.6 Å². The summed E-state index contributed by atoms with van der Waals surface area (Å²) in [6.07, 6.45) is 1.37. The molecule has 0 saturated carbocycles. The molecule has 1 N–H and O–H groups in total. The topological polar surface area (TPSA) is 67.8 Å². The Kier molecular flexibility index (Phi) is 5.75. The second-order valence-electron chi connectivity index (χ2n) is 6.17. The highest BCUT2D eigenvalue weighted by atomic mass is 35.5. The Morgan fingerprint density at radius 3 is 2.90 bits per heavy atom. The molecule has 0 unspecified atom stereocenters. The number of hydrogen-bond donors (Lipinski definition) is 1. The van der Waals surface area contributed by atoms with Gasteiger partial charge < -0.3 is 0 Å². The normalized spacial score (nSPS) is 11.0. The van der Waals surface area contributed by atoms with E-state index in [2.05, 4.69) is 20.3 Å². The minimum Gasteiger partial charge on any atom is -0.296 e. The number of nitrogens with zero attached hydrogens (tertiary/aromatic N) is 3. The molecule has 0 radical (unpaired) electrons. The first-order chi connectivity index (χ1) is 14.0. The van der Waals surface area contributed by atoms with Crippen molar-refractivity contribution in [3.63, 3.8) is 0 Å². The highest BCUT2D eigenvalue weighted by Gasteiger charge is 2.17. The predicted molar refractivity (Wildman–Crippen MR) is 115 cm³/mol. The number of nitrogens with one attached hydrogen (secondary N) is 1. The molecule has 146 valence electrons. The fourth-order valence-electron chi connectivity index (χ4n) is 2.58. The number of fused-ring (bicyclic) bond motifs is 1. The summed E-state index contributed by atoms with van der Waals surface area (Å²) in [7, 11) is 0. The molecular weight excluding hydrogens is 431 g/mol. The molecule has 29 heavy (non-hydrogen) atoms. The quantitative estimate of drug-likeness (QED) is 0.314. The van der Waals surface area contributed by atoms with Crippen molar-refractivity contribution in [2.75, 3.05) is 5.32 Å². The third kappa shape index (κ3) is 4.55. The average molecular weight is 445 g/mol. The first-order valence-electron chi connectivity index (χ1n) is 8.57. The van der Waals surface area contributed by atoms with Crippen LogP contribution in [-0.2, 0) is 5.75 Å². The number of rotatable bonds is 5. The molecule has 9 heteroatoms. The van der Waals surface area contributed by atoms with Crippen molar-refractivity contribution in [1.82, 2.24) is 15.0 Å². The van der Waals surface area contributed by atoms with E-state index in [-0.39, 0.29) is 16.5 Å². The minimum atomic E-state index is -0.471. The molecule has 4 rings (SSSR count). The van der Waals surface area contributed by atoms with Crippen LogP contribution in [0.25, 0.3) is 10.2 Å². The second-order valence-corrected chi connectivity index (χ2v) is 8.55. The lowest BCUT2D eigenvalue weighted by Crippen LogP contribution is -2.15. The summed E-state index contributed by atoms with van der Waals surface area (Å²) in [5, 5.41) is 3.68. The van der Waals surface area contributed by atoms with Gasteiger partial charge in [0.05, 0.1) is 21.4 Å². The molecule has 2 aromatic heterocycles. The maximum absolute atomic E-state index is 13.8. The van der Waals surface area contributed by atoms with Crippen LogP contribution in [0.5, 0.6) is 0 Å². The highest BCUT2D eigenvalue weighted by molar-refractivity contribution is 7.98. The molecule has 1 amide bonds. The van der Waals surface area contributed by atoms with E-state index in [0.29, 0.717) is 21.6 Å². The van der Waals surface area contributed by atoms with Crippen LogP contribution in [0.2, 0.25) is 5.02 Å². The van der Waals surface area contributed by atoms with Crippen LogP contribution in [0, 0.1) is 12.7 Å². The number of anilines is 1. The Labute approximate surface area is 179 Å². The molecule has 2 heterocycles. The van der Waals surface area contributed by atoms with Gasteiger partial charge in [-0.1, -0.05) is 59.0 Å². The second kappa shape index (κ2) is 8.44. The largest absolute Gasteiger partial charge is 0.296 e. The number of aryl methyl sites for hydroxylation is 1. The first kappa shape index (κ1) is 19.8. The SMILES string of the molecule is Cc1ccc2nc(NC(=O)c3nc(SCc4ccccc4F)ncc3Cl)sc2c1. The van der Waals surface area contributed by atoms with Crippen molar-refractivity contribution in [3.05, 3.63) is 76.3 Å². The number of halogens is 2. The van der Waals surface area contributed by atoms with Gasteiger partial charge in [-0.25, -0.2) is 19.3 Å². The fraction of sp³-hybridized carbons (Fsp3) is 0.100. The average Bonchev–Trinajstić information content (AvgIpc) is 3.09. The number of thiazole rings is 1. The lowest BCUT2D eigenvalue weighted by atomic mass is 10.2. The Balaban J connectivity index is 1.51. The maximum atomic E-state index is 13.8. The Morgan fingerprint density at radius 2 is 2.07 bits per heavy atom. The molecule has 0 aliphatic carbocycles. The maximum Gasteiger partial charge on any atom is 0.277 e. The molecule has 4 aromatic rings. The number of thioether (sulfide) groups is 1. The standard InChI is InChI=1S/C20H14ClFN4OS2/c1-11-6-7-15-16(8-11)29-20(24-15)26-18(27)17-13(21)9-23-19(25-17)28-10-12-4-2-3-5-14(12)22/h2-9H,10H2,1H3,(H,24,26,27). The summed E-state index contributed by atoms with van der Waals surface area (Å²) in [6, 6.07) is 12.4. The fourth-order valence-corrected chi connectivity index (χ4v) is 4.52. The summed E-state index contributed by atoms with van der Waals surface area (Å²) in [4.78, 5) is 25.4. The molecule has 0 atom stereocenters. The molecule has 0 spiro atoms. The van der Waals surface area contributed by atoms with Gasteiger partial charge in [-0.15, -0.1) is 0 Å². The Morgan fingerprint density at radius 1 is 1.24 bits per heavy atom. The van der Waals surface area contributed by atoms with Crippen LogP contribution in [0.4, 0.5) is 9.52 Å². The molecule has 0 bridgehead atoms. The predicted octanol–water partition coefficient (Wildman–Crippen LogP) is 5.73. The molecule has 0 aliphatic rings. The van der Waals surface area contributed by atoms with Crippen LogP contribution in [-0.4, -0.2) is 20.9 Å². The summed E-state index contributed by atoms with van der Waals surface area (Å²) in [5.74, 6) is -0.425. The van der Waals surface area contributed by atoms with Gasteiger partial charge in [-0.3, -0.25) is 10.1 Å². The summed E-state index contributed by atoms with van der Waals surface area (Å²) in [5.41, 5.74) is 2.51. The lowest BCUT2D eigenvalue weighted by Gasteiger charge is -2.06. The number of benzene rings is 2. The Hall–Kier alpha value is -2.55. The van der Waals surface area contributed by atoms with E-state index < -0.39 is 5.91 Å². The number of carbonyl (C=O) groups excluding carboxylic acids is 1. The van der Waals surface area contributed by atoms with Crippen LogP contribution in [0.15, 0.2) is 53.8 Å². The van der Waals surface area contributed by atoms with Gasteiger partial charge in [0.25, 0.3) is 5.91 Å².